The van der Waals surface area contributed by atoms with Crippen LogP contribution in [0.2, 0.25) is 10.3 Å². The first kappa shape index (κ1) is 10.4. The molecule has 1 aromatic heterocycles. The highest BCUT2D eigenvalue weighted by Crippen LogP contribution is 2.21. The van der Waals surface area contributed by atoms with Crippen LogP contribution in [0.1, 0.15) is 17.8 Å². The smallest absolute Gasteiger partial charge is 0.137 e. The van der Waals surface area contributed by atoms with Gasteiger partial charge in [-0.1, -0.05) is 23.2 Å². The summed E-state index contributed by atoms with van der Waals surface area (Å²) in [7, 11) is 0. The number of carbonyl (C=O) groups excluding carboxylic acids is 1. The van der Waals surface area contributed by atoms with Gasteiger partial charge in [-0.15, -0.1) is 0 Å². The van der Waals surface area contributed by atoms with E-state index in [9.17, 15) is 4.79 Å². The number of hydrogen-bond acceptors (Lipinski definition) is 3. The Hall–Kier alpha value is -0.670. The van der Waals surface area contributed by atoms with Crippen LogP contribution in [0, 0.1) is 6.92 Å². The van der Waals surface area contributed by atoms with E-state index >= 15 is 0 Å². The highest BCUT2D eigenvalue weighted by atomic mass is 35.5. The van der Waals surface area contributed by atoms with Crippen molar-refractivity contribution in [1.29, 1.82) is 0 Å². The lowest BCUT2D eigenvalue weighted by Crippen LogP contribution is -1.97. The molecule has 13 heavy (non-hydrogen) atoms. The lowest BCUT2D eigenvalue weighted by molar-refractivity contribution is -0.107. The number of aromatic nitrogens is 2. The standard InChI is InChI=1S/C8H8Cl2N2O/c1-5-11-7(9)6(3-2-4-13)8(10)12-5/h4H,2-3H2,1H3. The van der Waals surface area contributed by atoms with Crippen molar-refractivity contribution in [3.05, 3.63) is 21.7 Å². The van der Waals surface area contributed by atoms with Crippen LogP contribution in [-0.4, -0.2) is 16.3 Å². The van der Waals surface area contributed by atoms with Crippen molar-refractivity contribution in [2.24, 2.45) is 0 Å². The quantitative estimate of drug-likeness (QED) is 0.578. The van der Waals surface area contributed by atoms with E-state index < -0.39 is 0 Å². The second-order valence-electron chi connectivity index (χ2n) is 2.54. The third-order valence-corrected chi connectivity index (χ3v) is 2.16. The summed E-state index contributed by atoms with van der Waals surface area (Å²) in [6.07, 6.45) is 1.68. The Morgan fingerprint density at radius 1 is 1.31 bits per heavy atom. The molecule has 1 heterocycles. The average Bonchev–Trinajstić information content (AvgIpc) is 2.02. The van der Waals surface area contributed by atoms with E-state index in [1.807, 2.05) is 0 Å². The number of carbonyl (C=O) groups is 1. The first-order valence-electron chi connectivity index (χ1n) is 3.77. The van der Waals surface area contributed by atoms with Gasteiger partial charge in [0.25, 0.3) is 0 Å². The van der Waals surface area contributed by atoms with Crippen LogP contribution in [0.3, 0.4) is 0 Å². The van der Waals surface area contributed by atoms with E-state index in [1.165, 1.54) is 0 Å². The van der Waals surface area contributed by atoms with Gasteiger partial charge in [0.05, 0.1) is 0 Å². The van der Waals surface area contributed by atoms with Gasteiger partial charge in [0.1, 0.15) is 22.4 Å². The fraction of sp³-hybridized carbons (Fsp3) is 0.375. The van der Waals surface area contributed by atoms with Gasteiger partial charge in [0.15, 0.2) is 0 Å². The van der Waals surface area contributed by atoms with Crippen molar-refractivity contribution >= 4 is 29.5 Å². The Bertz CT molecular complexity index is 305. The minimum absolute atomic E-state index is 0.333. The molecule has 1 aromatic rings. The highest BCUT2D eigenvalue weighted by molar-refractivity contribution is 6.34. The van der Waals surface area contributed by atoms with Gasteiger partial charge < -0.3 is 4.79 Å². The molecule has 1 rings (SSSR count). The monoisotopic (exact) mass is 218 g/mol. The Balaban J connectivity index is 2.98. The van der Waals surface area contributed by atoms with E-state index in [4.69, 9.17) is 23.2 Å². The molecule has 0 saturated heterocycles. The first-order valence-corrected chi connectivity index (χ1v) is 4.53. The van der Waals surface area contributed by atoms with Crippen LogP contribution in [-0.2, 0) is 11.2 Å². The second-order valence-corrected chi connectivity index (χ2v) is 3.25. The number of rotatable bonds is 3. The number of hydrogen-bond donors (Lipinski definition) is 0. The average molecular weight is 219 g/mol. The molecular formula is C8H8Cl2N2O. The fourth-order valence-corrected chi connectivity index (χ4v) is 1.60. The Labute approximate surface area is 86.1 Å². The van der Waals surface area contributed by atoms with E-state index in [1.54, 1.807) is 6.92 Å². The van der Waals surface area contributed by atoms with Crippen molar-refractivity contribution in [2.45, 2.75) is 19.8 Å². The van der Waals surface area contributed by atoms with Gasteiger partial charge in [-0.2, -0.15) is 0 Å². The zero-order chi connectivity index (χ0) is 9.84. The van der Waals surface area contributed by atoms with Crippen LogP contribution in [0.25, 0.3) is 0 Å². The molecule has 5 heteroatoms. The molecule has 0 aromatic carbocycles. The minimum atomic E-state index is 0.333. The van der Waals surface area contributed by atoms with Crippen molar-refractivity contribution in [3.63, 3.8) is 0 Å². The number of nitrogens with zero attached hydrogens (tertiary/aromatic N) is 2. The van der Waals surface area contributed by atoms with Crippen LogP contribution in [0.15, 0.2) is 0 Å². The van der Waals surface area contributed by atoms with Crippen molar-refractivity contribution in [2.75, 3.05) is 0 Å². The van der Waals surface area contributed by atoms with Gasteiger partial charge in [0, 0.05) is 12.0 Å². The molecule has 0 saturated carbocycles. The lowest BCUT2D eigenvalue weighted by Gasteiger charge is -2.03. The van der Waals surface area contributed by atoms with E-state index in [0.29, 0.717) is 34.5 Å². The Morgan fingerprint density at radius 2 is 1.85 bits per heavy atom. The molecular weight excluding hydrogens is 211 g/mol. The predicted octanol–water partition coefficient (Wildman–Crippen LogP) is 2.22. The van der Waals surface area contributed by atoms with E-state index in [-0.39, 0.29) is 0 Å². The SMILES string of the molecule is Cc1nc(Cl)c(CCC=O)c(Cl)n1. The summed E-state index contributed by atoms with van der Waals surface area (Å²) in [6, 6.07) is 0. The molecule has 0 fully saturated rings. The molecule has 0 bridgehead atoms. The predicted molar refractivity (Wildman–Crippen MR) is 51.2 cm³/mol. The van der Waals surface area contributed by atoms with Gasteiger partial charge >= 0.3 is 0 Å². The fourth-order valence-electron chi connectivity index (χ4n) is 0.939. The molecule has 0 atom stereocenters. The zero-order valence-corrected chi connectivity index (χ0v) is 8.56. The zero-order valence-electron chi connectivity index (χ0n) is 7.05. The summed E-state index contributed by atoms with van der Waals surface area (Å²) in [6.45, 7) is 1.71. The van der Waals surface area contributed by atoms with Crippen LogP contribution in [0.5, 0.6) is 0 Å². The van der Waals surface area contributed by atoms with Crippen LogP contribution in [0.4, 0.5) is 0 Å². The maximum atomic E-state index is 10.1. The molecule has 3 nitrogen and oxygen atoms in total. The molecule has 70 valence electrons. The van der Waals surface area contributed by atoms with Crippen LogP contribution < -0.4 is 0 Å². The molecule has 0 aliphatic heterocycles. The topological polar surface area (TPSA) is 42.9 Å². The Kier molecular flexibility index (Phi) is 3.63. The summed E-state index contributed by atoms with van der Waals surface area (Å²) < 4.78 is 0. The number of halogens is 2. The number of aldehydes is 1. The van der Waals surface area contributed by atoms with E-state index in [2.05, 4.69) is 9.97 Å². The van der Waals surface area contributed by atoms with Crippen molar-refractivity contribution < 1.29 is 4.79 Å². The van der Waals surface area contributed by atoms with Crippen molar-refractivity contribution in [1.82, 2.24) is 9.97 Å². The van der Waals surface area contributed by atoms with Gasteiger partial charge in [-0.3, -0.25) is 0 Å². The number of aryl methyl sites for hydroxylation is 1. The summed E-state index contributed by atoms with van der Waals surface area (Å²) in [5, 5.41) is 0.665. The van der Waals surface area contributed by atoms with E-state index in [0.717, 1.165) is 6.29 Å². The normalized spacial score (nSPS) is 10.1. The maximum absolute atomic E-state index is 10.1. The molecule has 0 aliphatic carbocycles. The van der Waals surface area contributed by atoms with Gasteiger partial charge in [-0.05, 0) is 13.3 Å². The molecule has 0 unspecified atom stereocenters. The van der Waals surface area contributed by atoms with Crippen molar-refractivity contribution in [3.8, 4) is 0 Å². The maximum Gasteiger partial charge on any atom is 0.137 e. The molecule has 0 radical (unpaired) electrons. The minimum Gasteiger partial charge on any atom is -0.303 e. The third-order valence-electron chi connectivity index (χ3n) is 1.53. The van der Waals surface area contributed by atoms with Gasteiger partial charge in [0.2, 0.25) is 0 Å². The largest absolute Gasteiger partial charge is 0.303 e. The Morgan fingerprint density at radius 3 is 2.31 bits per heavy atom. The van der Waals surface area contributed by atoms with Crippen LogP contribution >= 0.6 is 23.2 Å². The summed E-state index contributed by atoms with van der Waals surface area (Å²) in [5.74, 6) is 0.532. The summed E-state index contributed by atoms with van der Waals surface area (Å²) in [4.78, 5) is 18.0. The highest BCUT2D eigenvalue weighted by Gasteiger charge is 2.08. The van der Waals surface area contributed by atoms with Gasteiger partial charge in [-0.25, -0.2) is 9.97 Å². The second kappa shape index (κ2) is 4.53. The summed E-state index contributed by atoms with van der Waals surface area (Å²) >= 11 is 11.6. The first-order chi connectivity index (χ1) is 6.15. The molecule has 0 amide bonds. The molecule has 0 spiro atoms. The third kappa shape index (κ3) is 2.64. The summed E-state index contributed by atoms with van der Waals surface area (Å²) in [5.41, 5.74) is 0.640. The molecule has 0 N–H and O–H groups in total. The molecule has 0 aliphatic rings. The lowest BCUT2D eigenvalue weighted by atomic mass is 10.2.